The number of nitrogens with zero attached hydrogens (tertiary/aromatic N) is 2. The van der Waals surface area contributed by atoms with Crippen molar-refractivity contribution in [2.24, 2.45) is 0 Å². The molecule has 0 spiro atoms. The van der Waals surface area contributed by atoms with Crippen molar-refractivity contribution in [1.82, 2.24) is 10.2 Å². The van der Waals surface area contributed by atoms with Crippen molar-refractivity contribution in [3.05, 3.63) is 69.9 Å². The van der Waals surface area contributed by atoms with Crippen LogP contribution in [0.1, 0.15) is 11.1 Å². The van der Waals surface area contributed by atoms with Gasteiger partial charge in [0.2, 0.25) is 5.88 Å². The Balaban J connectivity index is 1.97. The van der Waals surface area contributed by atoms with Gasteiger partial charge in [0.25, 0.3) is 5.69 Å². The SMILES string of the molecule is Cc1cc([N+](=O)[O-])c(C)cc1Oc1n[nH]cc1-c1ccccc1. The van der Waals surface area contributed by atoms with Gasteiger partial charge in [-0.2, -0.15) is 0 Å². The minimum atomic E-state index is -0.393. The van der Waals surface area contributed by atoms with Crippen LogP contribution in [0.2, 0.25) is 0 Å². The first-order valence-electron chi connectivity index (χ1n) is 7.09. The average Bonchev–Trinajstić information content (AvgIpc) is 2.99. The van der Waals surface area contributed by atoms with Crippen molar-refractivity contribution in [3.63, 3.8) is 0 Å². The van der Waals surface area contributed by atoms with Gasteiger partial charge in [0, 0.05) is 17.8 Å². The van der Waals surface area contributed by atoms with Gasteiger partial charge in [0.05, 0.1) is 10.5 Å². The van der Waals surface area contributed by atoms with E-state index in [1.165, 1.54) is 6.07 Å². The molecule has 1 heterocycles. The summed E-state index contributed by atoms with van der Waals surface area (Å²) in [6, 6.07) is 12.9. The van der Waals surface area contributed by atoms with Gasteiger partial charge in [-0.1, -0.05) is 30.3 Å². The molecular formula is C17H15N3O3. The third-order valence-corrected chi connectivity index (χ3v) is 3.59. The summed E-state index contributed by atoms with van der Waals surface area (Å²) >= 11 is 0. The van der Waals surface area contributed by atoms with E-state index in [1.807, 2.05) is 30.3 Å². The van der Waals surface area contributed by atoms with Gasteiger partial charge in [-0.3, -0.25) is 15.2 Å². The van der Waals surface area contributed by atoms with Gasteiger partial charge in [-0.05, 0) is 31.0 Å². The van der Waals surface area contributed by atoms with E-state index < -0.39 is 4.92 Å². The van der Waals surface area contributed by atoms with E-state index in [-0.39, 0.29) is 5.69 Å². The van der Waals surface area contributed by atoms with Crippen molar-refractivity contribution < 1.29 is 9.66 Å². The second-order valence-electron chi connectivity index (χ2n) is 5.23. The van der Waals surface area contributed by atoms with E-state index in [4.69, 9.17) is 4.74 Å². The monoisotopic (exact) mass is 309 g/mol. The van der Waals surface area contributed by atoms with Crippen LogP contribution >= 0.6 is 0 Å². The predicted octanol–water partition coefficient (Wildman–Crippen LogP) is 4.39. The lowest BCUT2D eigenvalue weighted by Crippen LogP contribution is -1.96. The Morgan fingerprint density at radius 2 is 1.87 bits per heavy atom. The van der Waals surface area contributed by atoms with Crippen LogP contribution in [0.5, 0.6) is 11.6 Å². The molecule has 1 aromatic heterocycles. The Morgan fingerprint density at radius 1 is 1.13 bits per heavy atom. The molecule has 3 rings (SSSR count). The van der Waals surface area contributed by atoms with E-state index in [2.05, 4.69) is 10.2 Å². The molecule has 0 amide bonds. The Kier molecular flexibility index (Phi) is 3.80. The maximum absolute atomic E-state index is 11.0. The molecule has 0 saturated carbocycles. The van der Waals surface area contributed by atoms with Gasteiger partial charge >= 0.3 is 0 Å². The predicted molar refractivity (Wildman–Crippen MR) is 86.7 cm³/mol. The molecule has 3 aromatic rings. The average molecular weight is 309 g/mol. The fraction of sp³-hybridized carbons (Fsp3) is 0.118. The number of aryl methyl sites for hydroxylation is 2. The lowest BCUT2D eigenvalue weighted by Gasteiger charge is -2.09. The molecule has 0 aliphatic heterocycles. The van der Waals surface area contributed by atoms with Gasteiger partial charge in [-0.15, -0.1) is 5.10 Å². The van der Waals surface area contributed by atoms with Crippen LogP contribution in [0.25, 0.3) is 11.1 Å². The van der Waals surface area contributed by atoms with Gasteiger partial charge in [0.1, 0.15) is 5.75 Å². The number of hydrogen-bond donors (Lipinski definition) is 1. The summed E-state index contributed by atoms with van der Waals surface area (Å²) < 4.78 is 5.89. The van der Waals surface area contributed by atoms with Gasteiger partial charge in [-0.25, -0.2) is 0 Å². The molecule has 2 aromatic carbocycles. The highest BCUT2D eigenvalue weighted by atomic mass is 16.6. The van der Waals surface area contributed by atoms with Crippen LogP contribution in [0, 0.1) is 24.0 Å². The summed E-state index contributed by atoms with van der Waals surface area (Å²) in [6.07, 6.45) is 1.76. The Bertz CT molecular complexity index is 857. The summed E-state index contributed by atoms with van der Waals surface area (Å²) in [4.78, 5) is 10.6. The molecular weight excluding hydrogens is 294 g/mol. The van der Waals surface area contributed by atoms with E-state index in [9.17, 15) is 10.1 Å². The number of nitro benzene ring substituents is 1. The van der Waals surface area contributed by atoms with E-state index in [0.717, 1.165) is 11.1 Å². The molecule has 0 atom stereocenters. The van der Waals surface area contributed by atoms with Crippen LogP contribution < -0.4 is 4.74 Å². The molecule has 0 saturated heterocycles. The number of ether oxygens (including phenoxy) is 1. The van der Waals surface area contributed by atoms with E-state index in [0.29, 0.717) is 22.8 Å². The first kappa shape index (κ1) is 14.8. The minimum absolute atomic E-state index is 0.0835. The smallest absolute Gasteiger partial charge is 0.272 e. The highest BCUT2D eigenvalue weighted by Crippen LogP contribution is 2.34. The zero-order chi connectivity index (χ0) is 16.4. The quantitative estimate of drug-likeness (QED) is 0.572. The van der Waals surface area contributed by atoms with Crippen LogP contribution in [0.4, 0.5) is 5.69 Å². The number of rotatable bonds is 4. The lowest BCUT2D eigenvalue weighted by molar-refractivity contribution is -0.385. The number of nitro groups is 1. The summed E-state index contributed by atoms with van der Waals surface area (Å²) in [5, 5.41) is 17.9. The highest BCUT2D eigenvalue weighted by molar-refractivity contribution is 5.68. The molecule has 0 unspecified atom stereocenters. The number of aromatic nitrogens is 2. The first-order chi connectivity index (χ1) is 11.1. The second kappa shape index (κ2) is 5.92. The normalized spacial score (nSPS) is 10.5. The van der Waals surface area contributed by atoms with E-state index in [1.54, 1.807) is 26.1 Å². The molecule has 6 heteroatoms. The Hall–Kier alpha value is -3.15. The zero-order valence-corrected chi connectivity index (χ0v) is 12.7. The Morgan fingerprint density at radius 3 is 2.57 bits per heavy atom. The molecule has 0 fully saturated rings. The summed E-state index contributed by atoms with van der Waals surface area (Å²) in [6.45, 7) is 3.46. The number of nitrogens with one attached hydrogen (secondary N) is 1. The summed E-state index contributed by atoms with van der Waals surface area (Å²) in [5.74, 6) is 0.991. The maximum Gasteiger partial charge on any atom is 0.272 e. The first-order valence-corrected chi connectivity index (χ1v) is 7.09. The lowest BCUT2D eigenvalue weighted by atomic mass is 10.1. The second-order valence-corrected chi connectivity index (χ2v) is 5.23. The van der Waals surface area contributed by atoms with Gasteiger partial charge < -0.3 is 4.74 Å². The van der Waals surface area contributed by atoms with Crippen molar-refractivity contribution in [1.29, 1.82) is 0 Å². The van der Waals surface area contributed by atoms with Crippen LogP contribution in [0.15, 0.2) is 48.7 Å². The molecule has 0 bridgehead atoms. The van der Waals surface area contributed by atoms with Crippen LogP contribution in [-0.2, 0) is 0 Å². The fourth-order valence-corrected chi connectivity index (χ4v) is 2.37. The number of benzene rings is 2. The molecule has 23 heavy (non-hydrogen) atoms. The standard InChI is InChI=1S/C17H15N3O3/c1-11-9-16(12(2)8-15(11)20(21)22)23-17-14(10-18-19-17)13-6-4-3-5-7-13/h3-10H,1-2H3,(H,18,19). The Labute approximate surface area is 132 Å². The van der Waals surface area contributed by atoms with E-state index >= 15 is 0 Å². The largest absolute Gasteiger partial charge is 0.437 e. The van der Waals surface area contributed by atoms with Crippen LogP contribution in [0.3, 0.4) is 0 Å². The maximum atomic E-state index is 11.0. The van der Waals surface area contributed by atoms with Crippen molar-refractivity contribution in [2.75, 3.05) is 0 Å². The molecule has 6 nitrogen and oxygen atoms in total. The number of H-pyrrole nitrogens is 1. The molecule has 0 radical (unpaired) electrons. The molecule has 1 N–H and O–H groups in total. The van der Waals surface area contributed by atoms with Gasteiger partial charge in [0.15, 0.2) is 0 Å². The summed E-state index contributed by atoms with van der Waals surface area (Å²) in [7, 11) is 0. The zero-order valence-electron chi connectivity index (χ0n) is 12.7. The van der Waals surface area contributed by atoms with Crippen molar-refractivity contribution >= 4 is 5.69 Å². The topological polar surface area (TPSA) is 81.1 Å². The molecule has 0 aliphatic carbocycles. The fourth-order valence-electron chi connectivity index (χ4n) is 2.37. The molecule has 0 aliphatic rings. The highest BCUT2D eigenvalue weighted by Gasteiger charge is 2.17. The van der Waals surface area contributed by atoms with Crippen molar-refractivity contribution in [3.8, 4) is 22.8 Å². The van der Waals surface area contributed by atoms with Crippen LogP contribution in [-0.4, -0.2) is 15.1 Å². The summed E-state index contributed by atoms with van der Waals surface area (Å²) in [5.41, 5.74) is 3.13. The third kappa shape index (κ3) is 2.91. The van der Waals surface area contributed by atoms with Crippen molar-refractivity contribution in [2.45, 2.75) is 13.8 Å². The molecule has 116 valence electrons. The number of hydrogen-bond acceptors (Lipinski definition) is 4. The minimum Gasteiger partial charge on any atom is -0.437 e. The third-order valence-electron chi connectivity index (χ3n) is 3.59. The number of aromatic amines is 1.